The predicted octanol–water partition coefficient (Wildman–Crippen LogP) is 2.37. The zero-order chi connectivity index (χ0) is 18.2. The molecule has 0 unspecified atom stereocenters. The summed E-state index contributed by atoms with van der Waals surface area (Å²) in [6, 6.07) is 5.99. The molecule has 7 heteroatoms. The van der Waals surface area contributed by atoms with Crippen molar-refractivity contribution in [3.05, 3.63) is 23.8 Å². The van der Waals surface area contributed by atoms with Crippen LogP contribution in [0.3, 0.4) is 0 Å². The van der Waals surface area contributed by atoms with Crippen molar-refractivity contribution in [2.75, 3.05) is 48.5 Å². The topological polar surface area (TPSA) is 58.1 Å². The van der Waals surface area contributed by atoms with Gasteiger partial charge in [-0.1, -0.05) is 6.07 Å². The van der Waals surface area contributed by atoms with Crippen molar-refractivity contribution in [3.63, 3.8) is 0 Å². The number of methoxy groups -OCH3 is 2. The molecular formula is C18H33IN4O2. The lowest BCUT2D eigenvalue weighted by Gasteiger charge is -2.33. The van der Waals surface area contributed by atoms with Crippen LogP contribution in [-0.2, 0) is 6.42 Å². The second kappa shape index (κ2) is 11.4. The summed E-state index contributed by atoms with van der Waals surface area (Å²) in [6.07, 6.45) is 0.873. The van der Waals surface area contributed by atoms with Gasteiger partial charge in [0.15, 0.2) is 17.5 Å². The fourth-order valence-electron chi connectivity index (χ4n) is 2.04. The number of guanidine groups is 1. The Morgan fingerprint density at radius 1 is 1.12 bits per heavy atom. The monoisotopic (exact) mass is 464 g/mol. The number of aliphatic imine (C=N–C) groups is 1. The van der Waals surface area contributed by atoms with Gasteiger partial charge in [0.2, 0.25) is 0 Å². The zero-order valence-corrected chi connectivity index (χ0v) is 18.8. The van der Waals surface area contributed by atoms with Gasteiger partial charge in [0.1, 0.15) is 0 Å². The summed E-state index contributed by atoms with van der Waals surface area (Å²) in [7, 11) is 9.24. The Kier molecular flexibility index (Phi) is 10.8. The average Bonchev–Trinajstić information content (AvgIpc) is 2.57. The largest absolute Gasteiger partial charge is 0.493 e. The Morgan fingerprint density at radius 3 is 2.28 bits per heavy atom. The summed E-state index contributed by atoms with van der Waals surface area (Å²) >= 11 is 0. The maximum Gasteiger partial charge on any atom is 0.191 e. The van der Waals surface area contributed by atoms with E-state index in [2.05, 4.69) is 48.5 Å². The molecule has 0 heterocycles. The van der Waals surface area contributed by atoms with E-state index in [4.69, 9.17) is 9.47 Å². The molecule has 0 fully saturated rings. The lowest BCUT2D eigenvalue weighted by molar-refractivity contribution is 0.197. The van der Waals surface area contributed by atoms with Crippen molar-refractivity contribution in [1.29, 1.82) is 0 Å². The number of rotatable bonds is 8. The van der Waals surface area contributed by atoms with Gasteiger partial charge < -0.3 is 25.0 Å². The van der Waals surface area contributed by atoms with E-state index in [-0.39, 0.29) is 29.5 Å². The highest BCUT2D eigenvalue weighted by Gasteiger charge is 2.20. The highest BCUT2D eigenvalue weighted by Crippen LogP contribution is 2.27. The molecule has 0 radical (unpaired) electrons. The highest BCUT2D eigenvalue weighted by atomic mass is 127. The summed E-state index contributed by atoms with van der Waals surface area (Å²) in [5.41, 5.74) is 1.24. The first-order chi connectivity index (χ1) is 11.3. The molecule has 0 saturated carbocycles. The van der Waals surface area contributed by atoms with Crippen LogP contribution < -0.4 is 20.1 Å². The van der Waals surface area contributed by atoms with E-state index in [0.29, 0.717) is 0 Å². The van der Waals surface area contributed by atoms with E-state index in [9.17, 15) is 0 Å². The minimum Gasteiger partial charge on any atom is -0.493 e. The molecule has 0 saturated heterocycles. The van der Waals surface area contributed by atoms with E-state index in [1.165, 1.54) is 5.56 Å². The fraction of sp³-hybridized carbons (Fsp3) is 0.611. The molecule has 0 aliphatic carbocycles. The first-order valence-electron chi connectivity index (χ1n) is 8.17. The van der Waals surface area contributed by atoms with Crippen molar-refractivity contribution in [2.24, 2.45) is 4.99 Å². The van der Waals surface area contributed by atoms with Crippen LogP contribution in [0, 0.1) is 0 Å². The molecule has 6 nitrogen and oxygen atoms in total. The molecule has 2 N–H and O–H groups in total. The molecule has 1 aromatic carbocycles. The number of benzene rings is 1. The molecule has 1 aromatic rings. The van der Waals surface area contributed by atoms with Gasteiger partial charge in [-0.2, -0.15) is 0 Å². The summed E-state index contributed by atoms with van der Waals surface area (Å²) in [4.78, 5) is 6.47. The minimum absolute atomic E-state index is 0. The van der Waals surface area contributed by atoms with Crippen LogP contribution in [0.2, 0.25) is 0 Å². The number of halogens is 1. The molecule has 0 spiro atoms. The summed E-state index contributed by atoms with van der Waals surface area (Å²) in [6.45, 7) is 5.99. The molecule has 0 aliphatic rings. The molecule has 144 valence electrons. The normalized spacial score (nSPS) is 11.8. The number of hydrogen-bond donors (Lipinski definition) is 2. The maximum atomic E-state index is 5.34. The van der Waals surface area contributed by atoms with E-state index in [0.717, 1.165) is 37.0 Å². The minimum atomic E-state index is 0. The maximum absolute atomic E-state index is 5.34. The van der Waals surface area contributed by atoms with Crippen LogP contribution in [0.25, 0.3) is 0 Å². The van der Waals surface area contributed by atoms with Gasteiger partial charge >= 0.3 is 0 Å². The number of likely N-dealkylation sites (N-methyl/N-ethyl adjacent to an activating group) is 1. The number of nitrogens with one attached hydrogen (secondary N) is 2. The van der Waals surface area contributed by atoms with Gasteiger partial charge in [-0.25, -0.2) is 0 Å². The molecule has 1 rings (SSSR count). The predicted molar refractivity (Wildman–Crippen MR) is 116 cm³/mol. The Morgan fingerprint density at radius 2 is 1.76 bits per heavy atom. The van der Waals surface area contributed by atoms with E-state index < -0.39 is 0 Å². The van der Waals surface area contributed by atoms with Crippen LogP contribution >= 0.6 is 24.0 Å². The first kappa shape index (κ1) is 23.8. The van der Waals surface area contributed by atoms with Gasteiger partial charge in [0, 0.05) is 25.7 Å². The van der Waals surface area contributed by atoms with Crippen molar-refractivity contribution >= 4 is 29.9 Å². The van der Waals surface area contributed by atoms with Crippen LogP contribution in [0.5, 0.6) is 11.5 Å². The van der Waals surface area contributed by atoms with Gasteiger partial charge in [0.25, 0.3) is 0 Å². The number of ether oxygens (including phenoxy) is 2. The van der Waals surface area contributed by atoms with E-state index in [1.54, 1.807) is 21.3 Å². The molecule has 0 aromatic heterocycles. The second-order valence-electron chi connectivity index (χ2n) is 6.50. The summed E-state index contributed by atoms with van der Waals surface area (Å²) < 4.78 is 10.6. The van der Waals surface area contributed by atoms with Crippen molar-refractivity contribution in [3.8, 4) is 11.5 Å². The highest BCUT2D eigenvalue weighted by molar-refractivity contribution is 14.0. The summed E-state index contributed by atoms with van der Waals surface area (Å²) in [5.74, 6) is 2.31. The van der Waals surface area contributed by atoms with Gasteiger partial charge in [0.05, 0.1) is 14.2 Å². The third-order valence-electron chi connectivity index (χ3n) is 4.28. The summed E-state index contributed by atoms with van der Waals surface area (Å²) in [5, 5.41) is 6.71. The Balaban J connectivity index is 0.00000576. The van der Waals surface area contributed by atoms with Crippen LogP contribution in [-0.4, -0.2) is 64.9 Å². The van der Waals surface area contributed by atoms with Crippen molar-refractivity contribution in [2.45, 2.75) is 25.8 Å². The molecule has 0 bridgehead atoms. The average molecular weight is 464 g/mol. The van der Waals surface area contributed by atoms with Crippen molar-refractivity contribution < 1.29 is 9.47 Å². The molecule has 0 aliphatic heterocycles. The van der Waals surface area contributed by atoms with Crippen LogP contribution in [0.1, 0.15) is 19.4 Å². The fourth-order valence-corrected chi connectivity index (χ4v) is 2.04. The third kappa shape index (κ3) is 7.68. The second-order valence-corrected chi connectivity index (χ2v) is 6.50. The standard InChI is InChI=1S/C18H32N4O2.HI/c1-18(2,22(4)5)13-21-17(19-3)20-11-10-14-8-9-15(23-6)16(12-14)24-7;/h8-9,12H,10-11,13H2,1-7H3,(H2,19,20,21);1H. The molecule has 25 heavy (non-hydrogen) atoms. The van der Waals surface area contributed by atoms with Crippen LogP contribution in [0.4, 0.5) is 0 Å². The quantitative estimate of drug-likeness (QED) is 0.352. The SMILES string of the molecule is CN=C(NCCc1ccc(OC)c(OC)c1)NCC(C)(C)N(C)C.I. The number of nitrogens with zero attached hydrogens (tertiary/aromatic N) is 2. The van der Waals surface area contributed by atoms with Crippen molar-refractivity contribution in [1.82, 2.24) is 15.5 Å². The van der Waals surface area contributed by atoms with Gasteiger partial charge in [-0.3, -0.25) is 4.99 Å². The number of hydrogen-bond acceptors (Lipinski definition) is 4. The van der Waals surface area contributed by atoms with Gasteiger partial charge in [-0.15, -0.1) is 24.0 Å². The first-order valence-corrected chi connectivity index (χ1v) is 8.17. The Labute approximate surface area is 169 Å². The smallest absolute Gasteiger partial charge is 0.191 e. The zero-order valence-electron chi connectivity index (χ0n) is 16.5. The third-order valence-corrected chi connectivity index (χ3v) is 4.28. The molecule has 0 atom stereocenters. The van der Waals surface area contributed by atoms with E-state index in [1.807, 2.05) is 18.2 Å². The van der Waals surface area contributed by atoms with E-state index >= 15 is 0 Å². The Bertz CT molecular complexity index is 548. The Hall–Kier alpha value is -1.22. The molecular weight excluding hydrogens is 431 g/mol. The lowest BCUT2D eigenvalue weighted by Crippen LogP contribution is -2.51. The van der Waals surface area contributed by atoms with Crippen LogP contribution in [0.15, 0.2) is 23.2 Å². The molecule has 0 amide bonds. The lowest BCUT2D eigenvalue weighted by atomic mass is 10.0. The van der Waals surface area contributed by atoms with Gasteiger partial charge in [-0.05, 0) is 52.1 Å².